The minimum absolute atomic E-state index is 0.0475. The third kappa shape index (κ3) is 6.12. The second kappa shape index (κ2) is 12.9. The van der Waals surface area contributed by atoms with E-state index >= 15 is 4.39 Å². The summed E-state index contributed by atoms with van der Waals surface area (Å²) in [4.78, 5) is 31.9. The molecule has 0 bridgehead atoms. The summed E-state index contributed by atoms with van der Waals surface area (Å²) < 4.78 is 65.3. The summed E-state index contributed by atoms with van der Waals surface area (Å²) in [6.07, 6.45) is 1.21. The molecule has 3 aromatic rings. The van der Waals surface area contributed by atoms with Crippen LogP contribution in [-0.4, -0.2) is 94.8 Å². The van der Waals surface area contributed by atoms with Gasteiger partial charge in [0.25, 0.3) is 0 Å². The van der Waals surface area contributed by atoms with E-state index in [1.807, 2.05) is 24.3 Å². The van der Waals surface area contributed by atoms with Gasteiger partial charge in [-0.25, -0.2) is 9.18 Å². The Morgan fingerprint density at radius 3 is 2.43 bits per heavy atom. The van der Waals surface area contributed by atoms with Gasteiger partial charge >= 0.3 is 12.6 Å². The van der Waals surface area contributed by atoms with E-state index in [4.69, 9.17) is 18.9 Å². The summed E-state index contributed by atoms with van der Waals surface area (Å²) in [6, 6.07) is 8.47. The van der Waals surface area contributed by atoms with Gasteiger partial charge in [0.05, 0.1) is 36.9 Å². The molecule has 0 saturated carbocycles. The first kappa shape index (κ1) is 29.5. The number of aromatic nitrogens is 1. The molecule has 2 aromatic carbocycles. The first-order valence-corrected chi connectivity index (χ1v) is 13.7. The van der Waals surface area contributed by atoms with Crippen LogP contribution >= 0.6 is 0 Å². The lowest BCUT2D eigenvalue weighted by molar-refractivity contribution is -0.0488. The third-order valence-electron chi connectivity index (χ3n) is 7.54. The summed E-state index contributed by atoms with van der Waals surface area (Å²) in [5.74, 6) is -1.55. The molecule has 226 valence electrons. The van der Waals surface area contributed by atoms with E-state index in [0.29, 0.717) is 64.8 Å². The number of piperazine rings is 1. The molecule has 10 nitrogen and oxygen atoms in total. The van der Waals surface area contributed by atoms with Crippen molar-refractivity contribution in [1.82, 2.24) is 9.47 Å². The highest BCUT2D eigenvalue weighted by Gasteiger charge is 2.30. The number of carbonyl (C=O) groups excluding carboxylic acids is 1. The Balaban J connectivity index is 1.43. The van der Waals surface area contributed by atoms with Crippen LogP contribution in [0.2, 0.25) is 0 Å². The van der Waals surface area contributed by atoms with Crippen LogP contribution in [0.15, 0.2) is 41.3 Å². The average Bonchev–Trinajstić information content (AvgIpc) is 2.99. The number of methoxy groups -OCH3 is 1. The summed E-state index contributed by atoms with van der Waals surface area (Å²) in [5.41, 5.74) is -0.501. The summed E-state index contributed by atoms with van der Waals surface area (Å²) in [7, 11) is 3.06. The van der Waals surface area contributed by atoms with Crippen molar-refractivity contribution in [1.29, 1.82) is 0 Å². The molecule has 2 saturated heterocycles. The van der Waals surface area contributed by atoms with E-state index < -0.39 is 29.6 Å². The molecule has 42 heavy (non-hydrogen) atoms. The number of nitrogens with zero attached hydrogens (tertiary/aromatic N) is 4. The fraction of sp³-hybridized carbons (Fsp3) is 0.448. The average molecular weight is 591 g/mol. The molecule has 0 amide bonds. The monoisotopic (exact) mass is 590 g/mol. The molecule has 0 spiro atoms. The molecule has 2 aliphatic heterocycles. The third-order valence-corrected chi connectivity index (χ3v) is 7.54. The van der Waals surface area contributed by atoms with Gasteiger partial charge < -0.3 is 33.3 Å². The molecule has 13 heteroatoms. The molecule has 0 radical (unpaired) electrons. The van der Waals surface area contributed by atoms with Crippen LogP contribution in [0.4, 0.5) is 24.5 Å². The fourth-order valence-electron chi connectivity index (χ4n) is 5.46. The van der Waals surface area contributed by atoms with Gasteiger partial charge in [-0.1, -0.05) is 12.1 Å². The first-order chi connectivity index (χ1) is 20.3. The van der Waals surface area contributed by atoms with E-state index in [1.54, 1.807) is 12.0 Å². The van der Waals surface area contributed by atoms with Crippen molar-refractivity contribution in [3.63, 3.8) is 0 Å². The molecule has 1 aromatic heterocycles. The normalized spacial score (nSPS) is 16.2. The van der Waals surface area contributed by atoms with Gasteiger partial charge in [-0.05, 0) is 18.2 Å². The number of aryl methyl sites for hydroxylation is 1. The number of para-hydroxylation sites is 2. The zero-order chi connectivity index (χ0) is 29.8. The largest absolute Gasteiger partial charge is 0.495 e. The van der Waals surface area contributed by atoms with Gasteiger partial charge in [0.1, 0.15) is 23.6 Å². The van der Waals surface area contributed by atoms with Crippen LogP contribution in [0.5, 0.6) is 11.5 Å². The van der Waals surface area contributed by atoms with E-state index in [0.717, 1.165) is 11.8 Å². The topological polar surface area (TPSA) is 85.7 Å². The number of ether oxygens (including phenoxy) is 4. The van der Waals surface area contributed by atoms with Crippen molar-refractivity contribution in [2.24, 2.45) is 7.05 Å². The molecule has 2 fully saturated rings. The molecule has 0 N–H and O–H groups in total. The van der Waals surface area contributed by atoms with Gasteiger partial charge in [0.2, 0.25) is 5.43 Å². The molecule has 0 unspecified atom stereocenters. The Morgan fingerprint density at radius 2 is 1.74 bits per heavy atom. The number of alkyl halides is 2. The predicted octanol–water partition coefficient (Wildman–Crippen LogP) is 3.10. The van der Waals surface area contributed by atoms with Gasteiger partial charge in [0, 0.05) is 59.1 Å². The van der Waals surface area contributed by atoms with E-state index in [1.165, 1.54) is 17.8 Å². The zero-order valence-corrected chi connectivity index (χ0v) is 23.5. The van der Waals surface area contributed by atoms with Crippen molar-refractivity contribution in [3.8, 4) is 11.5 Å². The van der Waals surface area contributed by atoms with Gasteiger partial charge in [0.15, 0.2) is 11.6 Å². The smallest absolute Gasteiger partial charge is 0.387 e. The van der Waals surface area contributed by atoms with Crippen molar-refractivity contribution < 1.29 is 36.9 Å². The van der Waals surface area contributed by atoms with Crippen LogP contribution < -0.4 is 24.7 Å². The number of carbonyl (C=O) groups is 1. The number of halogens is 3. The summed E-state index contributed by atoms with van der Waals surface area (Å²) in [5, 5.41) is -0.260. The van der Waals surface area contributed by atoms with Gasteiger partial charge in [-0.3, -0.25) is 9.69 Å². The fourth-order valence-corrected chi connectivity index (χ4v) is 5.46. The number of fused-ring (bicyclic) bond motifs is 1. The molecular formula is C29H33F3N4O6. The number of pyridine rings is 1. The molecule has 5 rings (SSSR count). The SMILES string of the molecule is COc1ccccc1N1CCN(c2c(F)cc3c(=O)c(C(=O)OCCN4CCOCC4)cn(C)c3c2OC(F)F)CC1. The second-order valence-corrected chi connectivity index (χ2v) is 10.0. The quantitative estimate of drug-likeness (QED) is 0.349. The molecule has 0 atom stereocenters. The maximum atomic E-state index is 15.7. The van der Waals surface area contributed by atoms with Crippen LogP contribution in [0.3, 0.4) is 0 Å². The second-order valence-electron chi connectivity index (χ2n) is 10.0. The predicted molar refractivity (Wildman–Crippen MR) is 151 cm³/mol. The standard InChI is InChI=1S/C29H33F3N4O6/c1-33-18-20(28(38)41-16-13-34-11-14-40-15-12-34)26(37)19-17-21(30)25(27(24(19)33)42-29(31)32)36-9-7-35(8-10-36)22-5-3-4-6-23(22)39-2/h3-6,17-18,29H,7-16H2,1-2H3. The number of hydrogen-bond donors (Lipinski definition) is 0. The minimum Gasteiger partial charge on any atom is -0.495 e. The lowest BCUT2D eigenvalue weighted by Gasteiger charge is -2.38. The van der Waals surface area contributed by atoms with E-state index in [2.05, 4.69) is 9.80 Å². The van der Waals surface area contributed by atoms with Crippen LogP contribution in [-0.2, 0) is 16.5 Å². The first-order valence-electron chi connectivity index (χ1n) is 13.7. The summed E-state index contributed by atoms with van der Waals surface area (Å²) >= 11 is 0. The Morgan fingerprint density at radius 1 is 1.05 bits per heavy atom. The number of hydrogen-bond acceptors (Lipinski definition) is 9. The van der Waals surface area contributed by atoms with E-state index in [-0.39, 0.29) is 28.8 Å². The van der Waals surface area contributed by atoms with Crippen molar-refractivity contribution in [3.05, 3.63) is 58.1 Å². The number of esters is 1. The number of rotatable bonds is 9. The number of anilines is 2. The zero-order valence-electron chi connectivity index (χ0n) is 23.5. The highest BCUT2D eigenvalue weighted by molar-refractivity contribution is 5.97. The van der Waals surface area contributed by atoms with Crippen molar-refractivity contribution >= 4 is 28.2 Å². The minimum atomic E-state index is -3.27. The highest BCUT2D eigenvalue weighted by Crippen LogP contribution is 2.40. The summed E-state index contributed by atoms with van der Waals surface area (Å²) in [6.45, 7) is 1.34. The lowest BCUT2D eigenvalue weighted by atomic mass is 10.1. The van der Waals surface area contributed by atoms with Crippen molar-refractivity contribution in [2.75, 3.05) is 82.5 Å². The molecule has 3 heterocycles. The molecule has 0 aliphatic carbocycles. The number of morpholine rings is 1. The van der Waals surface area contributed by atoms with Gasteiger partial charge in [-0.2, -0.15) is 8.78 Å². The lowest BCUT2D eigenvalue weighted by Crippen LogP contribution is -2.47. The van der Waals surface area contributed by atoms with Crippen LogP contribution in [0, 0.1) is 5.82 Å². The van der Waals surface area contributed by atoms with Gasteiger partial charge in [-0.15, -0.1) is 0 Å². The van der Waals surface area contributed by atoms with Crippen LogP contribution in [0.25, 0.3) is 10.9 Å². The van der Waals surface area contributed by atoms with Crippen molar-refractivity contribution in [2.45, 2.75) is 6.61 Å². The Kier molecular flexibility index (Phi) is 9.07. The molecular weight excluding hydrogens is 557 g/mol. The Hall–Kier alpha value is -3.97. The number of benzene rings is 2. The Bertz CT molecular complexity index is 1490. The maximum Gasteiger partial charge on any atom is 0.387 e. The molecule has 2 aliphatic rings. The van der Waals surface area contributed by atoms with E-state index in [9.17, 15) is 18.4 Å². The highest BCUT2D eigenvalue weighted by atomic mass is 19.3. The Labute approximate surface area is 240 Å². The van der Waals surface area contributed by atoms with Crippen LogP contribution in [0.1, 0.15) is 10.4 Å². The maximum absolute atomic E-state index is 15.7.